The van der Waals surface area contributed by atoms with Gasteiger partial charge in [0.15, 0.2) is 0 Å². The summed E-state index contributed by atoms with van der Waals surface area (Å²) in [7, 11) is 0. The van der Waals surface area contributed by atoms with E-state index in [0.29, 0.717) is 17.7 Å². The van der Waals surface area contributed by atoms with Crippen LogP contribution in [0.25, 0.3) is 10.9 Å². The molecule has 1 atom stereocenters. The highest BCUT2D eigenvalue weighted by atomic mass is 16.5. The SMILES string of the molecule is CCOC(=O)C(N)c1c[nH]c2cc(C#N)ccc12. The number of rotatable bonds is 3. The van der Waals surface area contributed by atoms with Crippen LogP contribution in [0.3, 0.4) is 0 Å². The first-order valence-electron chi connectivity index (χ1n) is 5.60. The standard InChI is InChI=1S/C13H13N3O2/c1-2-18-13(17)12(15)10-7-16-11-5-8(6-14)3-4-9(10)11/h3-5,7,12,16H,2,15H2,1H3. The van der Waals surface area contributed by atoms with E-state index in [2.05, 4.69) is 11.1 Å². The van der Waals surface area contributed by atoms with Gasteiger partial charge in [-0.15, -0.1) is 0 Å². The molecule has 2 aromatic rings. The average Bonchev–Trinajstić information content (AvgIpc) is 2.80. The van der Waals surface area contributed by atoms with Crippen molar-refractivity contribution in [2.75, 3.05) is 6.61 Å². The third-order valence-electron chi connectivity index (χ3n) is 2.72. The molecule has 2 rings (SSSR count). The Morgan fingerprint density at radius 2 is 2.39 bits per heavy atom. The van der Waals surface area contributed by atoms with E-state index in [0.717, 1.165) is 10.9 Å². The minimum Gasteiger partial charge on any atom is -0.465 e. The maximum atomic E-state index is 11.6. The minimum atomic E-state index is -0.813. The van der Waals surface area contributed by atoms with Crippen LogP contribution >= 0.6 is 0 Å². The van der Waals surface area contributed by atoms with E-state index in [4.69, 9.17) is 15.7 Å². The van der Waals surface area contributed by atoms with E-state index in [1.54, 1.807) is 31.3 Å². The predicted octanol–water partition coefficient (Wildman–Crippen LogP) is 1.60. The maximum Gasteiger partial charge on any atom is 0.327 e. The molecule has 0 amide bonds. The van der Waals surface area contributed by atoms with Crippen molar-refractivity contribution in [2.45, 2.75) is 13.0 Å². The molecule has 0 radical (unpaired) electrons. The molecule has 3 N–H and O–H groups in total. The first kappa shape index (κ1) is 12.1. The average molecular weight is 243 g/mol. The summed E-state index contributed by atoms with van der Waals surface area (Å²) < 4.78 is 4.89. The van der Waals surface area contributed by atoms with Crippen LogP contribution in [-0.2, 0) is 9.53 Å². The molecule has 0 saturated carbocycles. The summed E-state index contributed by atoms with van der Waals surface area (Å²) in [5.74, 6) is -0.456. The molecule has 0 bridgehead atoms. The zero-order valence-electron chi connectivity index (χ0n) is 9.93. The second-order valence-electron chi connectivity index (χ2n) is 3.85. The van der Waals surface area contributed by atoms with Crippen molar-refractivity contribution in [3.05, 3.63) is 35.5 Å². The van der Waals surface area contributed by atoms with Gasteiger partial charge >= 0.3 is 5.97 Å². The largest absolute Gasteiger partial charge is 0.465 e. The molecule has 0 aliphatic carbocycles. The quantitative estimate of drug-likeness (QED) is 0.801. The van der Waals surface area contributed by atoms with Gasteiger partial charge in [-0.25, -0.2) is 4.79 Å². The van der Waals surface area contributed by atoms with Gasteiger partial charge in [-0.3, -0.25) is 0 Å². The van der Waals surface area contributed by atoms with Crippen molar-refractivity contribution in [2.24, 2.45) is 5.73 Å². The molecule has 1 heterocycles. The van der Waals surface area contributed by atoms with Crippen LogP contribution in [0.4, 0.5) is 0 Å². The van der Waals surface area contributed by atoms with E-state index in [-0.39, 0.29) is 0 Å². The summed E-state index contributed by atoms with van der Waals surface area (Å²) in [4.78, 5) is 14.6. The van der Waals surface area contributed by atoms with E-state index >= 15 is 0 Å². The van der Waals surface area contributed by atoms with E-state index in [9.17, 15) is 4.79 Å². The van der Waals surface area contributed by atoms with Gasteiger partial charge in [-0.1, -0.05) is 6.07 Å². The topological polar surface area (TPSA) is 91.9 Å². The fourth-order valence-corrected chi connectivity index (χ4v) is 1.83. The number of esters is 1. The Balaban J connectivity index is 2.41. The minimum absolute atomic E-state index is 0.299. The normalized spacial score (nSPS) is 12.1. The van der Waals surface area contributed by atoms with Gasteiger partial charge in [0.25, 0.3) is 0 Å². The lowest BCUT2D eigenvalue weighted by Gasteiger charge is -2.09. The number of nitrogens with one attached hydrogen (secondary N) is 1. The molecular formula is C13H13N3O2. The van der Waals surface area contributed by atoms with Crippen molar-refractivity contribution in [3.8, 4) is 6.07 Å². The van der Waals surface area contributed by atoms with Crippen LogP contribution in [-0.4, -0.2) is 17.6 Å². The van der Waals surface area contributed by atoms with Gasteiger partial charge in [-0.2, -0.15) is 5.26 Å². The van der Waals surface area contributed by atoms with E-state index < -0.39 is 12.0 Å². The predicted molar refractivity (Wildman–Crippen MR) is 66.6 cm³/mol. The third-order valence-corrected chi connectivity index (χ3v) is 2.72. The molecule has 0 spiro atoms. The van der Waals surface area contributed by atoms with Gasteiger partial charge < -0.3 is 15.5 Å². The summed E-state index contributed by atoms with van der Waals surface area (Å²) >= 11 is 0. The summed E-state index contributed by atoms with van der Waals surface area (Å²) in [6.45, 7) is 2.03. The number of benzene rings is 1. The molecule has 1 unspecified atom stereocenters. The summed E-state index contributed by atoms with van der Waals surface area (Å²) in [5.41, 5.74) is 7.86. The fraction of sp³-hybridized carbons (Fsp3) is 0.231. The number of nitrogens with two attached hydrogens (primary N) is 1. The molecule has 1 aromatic heterocycles. The molecule has 0 aliphatic rings. The first-order chi connectivity index (χ1) is 8.67. The number of hydrogen-bond donors (Lipinski definition) is 2. The van der Waals surface area contributed by atoms with Gasteiger partial charge in [0.05, 0.1) is 18.2 Å². The van der Waals surface area contributed by atoms with Crippen molar-refractivity contribution < 1.29 is 9.53 Å². The van der Waals surface area contributed by atoms with Crippen LogP contribution in [0.15, 0.2) is 24.4 Å². The zero-order chi connectivity index (χ0) is 13.1. The van der Waals surface area contributed by atoms with Gasteiger partial charge in [-0.05, 0) is 19.1 Å². The van der Waals surface area contributed by atoms with Gasteiger partial charge in [0, 0.05) is 22.7 Å². The summed E-state index contributed by atoms with van der Waals surface area (Å²) in [6, 6.07) is 6.43. The number of ether oxygens (including phenoxy) is 1. The number of nitrogens with zero attached hydrogens (tertiary/aromatic N) is 1. The molecule has 92 valence electrons. The third kappa shape index (κ3) is 2.06. The number of aromatic nitrogens is 1. The lowest BCUT2D eigenvalue weighted by Crippen LogP contribution is -2.23. The number of carbonyl (C=O) groups excluding carboxylic acids is 1. The van der Waals surface area contributed by atoms with Crippen LogP contribution in [0.5, 0.6) is 0 Å². The molecule has 1 aromatic carbocycles. The molecule has 18 heavy (non-hydrogen) atoms. The number of fused-ring (bicyclic) bond motifs is 1. The second kappa shape index (κ2) is 4.90. The molecule has 0 aliphatic heterocycles. The summed E-state index contributed by atoms with van der Waals surface area (Å²) in [6.07, 6.45) is 1.67. The molecule has 5 nitrogen and oxygen atoms in total. The Labute approximate surface area is 104 Å². The molecule has 0 fully saturated rings. The van der Waals surface area contributed by atoms with Crippen LogP contribution < -0.4 is 5.73 Å². The van der Waals surface area contributed by atoms with Gasteiger partial charge in [0.1, 0.15) is 6.04 Å². The lowest BCUT2D eigenvalue weighted by atomic mass is 10.1. The highest BCUT2D eigenvalue weighted by Crippen LogP contribution is 2.24. The maximum absolute atomic E-state index is 11.6. The first-order valence-corrected chi connectivity index (χ1v) is 5.60. The Morgan fingerprint density at radius 3 is 3.06 bits per heavy atom. The monoisotopic (exact) mass is 243 g/mol. The fourth-order valence-electron chi connectivity index (χ4n) is 1.83. The Kier molecular flexibility index (Phi) is 3.31. The molecule has 5 heteroatoms. The van der Waals surface area contributed by atoms with Crippen molar-refractivity contribution in [1.82, 2.24) is 4.98 Å². The Bertz CT molecular complexity index is 625. The lowest BCUT2D eigenvalue weighted by molar-refractivity contribution is -0.144. The molecular weight excluding hydrogens is 230 g/mol. The highest BCUT2D eigenvalue weighted by molar-refractivity contribution is 5.90. The van der Waals surface area contributed by atoms with E-state index in [1.807, 2.05) is 0 Å². The van der Waals surface area contributed by atoms with Crippen LogP contribution in [0, 0.1) is 11.3 Å². The Hall–Kier alpha value is -2.32. The van der Waals surface area contributed by atoms with Crippen molar-refractivity contribution in [1.29, 1.82) is 5.26 Å². The summed E-state index contributed by atoms with van der Waals surface area (Å²) in [5, 5.41) is 9.64. The highest BCUT2D eigenvalue weighted by Gasteiger charge is 2.20. The smallest absolute Gasteiger partial charge is 0.327 e. The number of aromatic amines is 1. The number of nitriles is 1. The van der Waals surface area contributed by atoms with Crippen LogP contribution in [0.1, 0.15) is 24.1 Å². The Morgan fingerprint density at radius 1 is 1.61 bits per heavy atom. The number of hydrogen-bond acceptors (Lipinski definition) is 4. The number of H-pyrrole nitrogens is 1. The second-order valence-corrected chi connectivity index (χ2v) is 3.85. The van der Waals surface area contributed by atoms with Crippen LogP contribution in [0.2, 0.25) is 0 Å². The van der Waals surface area contributed by atoms with E-state index in [1.165, 1.54) is 0 Å². The zero-order valence-corrected chi connectivity index (χ0v) is 9.93. The van der Waals surface area contributed by atoms with Crippen molar-refractivity contribution in [3.63, 3.8) is 0 Å². The number of carbonyl (C=O) groups is 1. The molecule has 0 saturated heterocycles. The van der Waals surface area contributed by atoms with Crippen molar-refractivity contribution >= 4 is 16.9 Å². The van der Waals surface area contributed by atoms with Gasteiger partial charge in [0.2, 0.25) is 0 Å².